The van der Waals surface area contributed by atoms with E-state index in [-0.39, 0.29) is 83.4 Å². The van der Waals surface area contributed by atoms with Gasteiger partial charge in [0.2, 0.25) is 5.24 Å². The highest BCUT2D eigenvalue weighted by molar-refractivity contribution is 6.66. The molecule has 2 fully saturated rings. The molecule has 3 aliphatic heterocycles. The summed E-state index contributed by atoms with van der Waals surface area (Å²) in [7, 11) is 0. The van der Waals surface area contributed by atoms with Gasteiger partial charge in [-0.2, -0.15) is 10.2 Å². The second-order valence-corrected chi connectivity index (χ2v) is 19.4. The second kappa shape index (κ2) is 23.5. The van der Waals surface area contributed by atoms with E-state index in [2.05, 4.69) is 49.4 Å². The van der Waals surface area contributed by atoms with Crippen molar-refractivity contribution in [3.63, 3.8) is 0 Å². The van der Waals surface area contributed by atoms with Crippen molar-refractivity contribution >= 4 is 46.4 Å². The Bertz CT molecular complexity index is 3050. The summed E-state index contributed by atoms with van der Waals surface area (Å²) >= 11 is 4.71. The van der Waals surface area contributed by atoms with E-state index in [4.69, 9.17) is 17.3 Å². The minimum Gasteiger partial charge on any atom is -0.357 e. The average Bonchev–Trinajstić information content (AvgIpc) is 4.22. The van der Waals surface area contributed by atoms with Crippen LogP contribution >= 0.6 is 11.6 Å². The van der Waals surface area contributed by atoms with Crippen molar-refractivity contribution in [2.45, 2.75) is 82.8 Å². The molecule has 4 aromatic heterocycles. The zero-order chi connectivity index (χ0) is 53.5. The first-order valence-corrected chi connectivity index (χ1v) is 24.8. The Hall–Kier alpha value is -8.01. The number of H-pyrrole nitrogens is 2. The Morgan fingerprint density at radius 2 is 1.11 bits per heavy atom. The molecule has 0 bridgehead atoms. The van der Waals surface area contributed by atoms with Gasteiger partial charge in [0.15, 0.2) is 11.4 Å². The number of hydrogen-bond acceptors (Lipinski definition) is 10. The monoisotopic (exact) mass is 1050 g/mol. The van der Waals surface area contributed by atoms with E-state index in [0.717, 1.165) is 47.0 Å². The highest BCUT2D eigenvalue weighted by atomic mass is 35.5. The molecule has 2 aromatic carbocycles. The van der Waals surface area contributed by atoms with Crippen LogP contribution in [-0.2, 0) is 35.8 Å². The maximum Gasteiger partial charge on any atom is 0.272 e. The van der Waals surface area contributed by atoms with Gasteiger partial charge in [0.25, 0.3) is 29.5 Å². The third-order valence-electron chi connectivity index (χ3n) is 13.3. The number of rotatable bonds is 13. The molecule has 7 N–H and O–H groups in total. The van der Waals surface area contributed by atoms with Crippen LogP contribution in [0.2, 0.25) is 0 Å². The molecule has 22 heteroatoms. The van der Waals surface area contributed by atoms with E-state index in [0.29, 0.717) is 68.5 Å². The summed E-state index contributed by atoms with van der Waals surface area (Å²) in [6, 6.07) is 19.5. The molecule has 6 aromatic rings. The summed E-state index contributed by atoms with van der Waals surface area (Å²) in [4.78, 5) is 82.9. The van der Waals surface area contributed by atoms with Gasteiger partial charge < -0.3 is 36.1 Å². The maximum absolute atomic E-state index is 13.4. The predicted molar refractivity (Wildman–Crippen MR) is 274 cm³/mol. The lowest BCUT2D eigenvalue weighted by molar-refractivity contribution is -0.123. The van der Waals surface area contributed by atoms with Crippen LogP contribution in [0.3, 0.4) is 0 Å². The molecular weight excluding hydrogens is 988 g/mol. The number of benzene rings is 2. The summed E-state index contributed by atoms with van der Waals surface area (Å²) in [5.74, 6) is -1.88. The highest BCUT2D eigenvalue weighted by Crippen LogP contribution is 2.34. The summed E-state index contributed by atoms with van der Waals surface area (Å²) in [5.41, 5.74) is 15.1. The van der Waals surface area contributed by atoms with Gasteiger partial charge in [0.1, 0.15) is 23.0 Å². The number of nitrogens with one attached hydrogen (secondary N) is 5. The first-order chi connectivity index (χ1) is 36.0. The number of aromatic nitrogens is 6. The topological polar surface area (TPSA) is 241 Å². The zero-order valence-corrected chi connectivity index (χ0v) is 42.2. The van der Waals surface area contributed by atoms with E-state index in [9.17, 15) is 37.5 Å². The van der Waals surface area contributed by atoms with E-state index in [1.807, 2.05) is 18.5 Å². The number of carbonyl (C=O) groups excluding carboxylic acids is 6. The normalized spacial score (nSPS) is 18.7. The maximum atomic E-state index is 13.4. The molecular formula is C53H58ClF2N13O6. The van der Waals surface area contributed by atoms with Crippen LogP contribution in [-0.4, -0.2) is 123 Å². The molecule has 5 amide bonds. The standard InChI is InChI=1S/C26H28FN7O3.C24H27FN6O2.C3H3ClO/c1-3-22(35)30-33-13-19(14-33)29-25(36)23-20-15-32(26(37)21-5-4-10-28-21)11-16(2)24(20)34(31-23)12-17-6-8-18(27)9-7-17;1-14-11-30(24(33)20-3-2-8-27-20)13-19-21(23(32)28-18-9-17(26)10-18)29-31(22(14)19)12-15-4-6-16(25)7-5-15;1-2-3(4)5/h3-10,16,19,28H,1,11-15H2,2H3,(H,29,36)(H,30,35);2-8,14,17-18,27H,9-13,26H2,1H3,(H,28,32);2H,1H2. The van der Waals surface area contributed by atoms with Crippen molar-refractivity contribution in [1.82, 2.24) is 60.4 Å². The summed E-state index contributed by atoms with van der Waals surface area (Å²) in [6.07, 6.45) is 7.14. The second-order valence-electron chi connectivity index (χ2n) is 19.0. The molecule has 2 atom stereocenters. The SMILES string of the molecule is C=CC(=O)Cl.C=CC(=O)NN1CC(NC(=O)c2nn(Cc3ccc(F)cc3)c3c2CN(C(=O)c2ccc[nH]2)CC3C)C1.CC1CN(C(=O)c2ccc[nH]2)Cc2c(C(=O)NC3CC(N)C3)nn(Cc3ccc(F)cc3)c21. The predicted octanol–water partition coefficient (Wildman–Crippen LogP) is 5.10. The van der Waals surface area contributed by atoms with E-state index >= 15 is 0 Å². The zero-order valence-electron chi connectivity index (χ0n) is 41.4. The fourth-order valence-corrected chi connectivity index (χ4v) is 9.64. The lowest BCUT2D eigenvalue weighted by atomic mass is 9.87. The van der Waals surface area contributed by atoms with Crippen LogP contribution in [0.5, 0.6) is 0 Å². The van der Waals surface area contributed by atoms with Crippen molar-refractivity contribution < 1.29 is 37.5 Å². The minimum atomic E-state index is -0.509. The molecule has 75 heavy (non-hydrogen) atoms. The Labute approximate surface area is 436 Å². The van der Waals surface area contributed by atoms with Crippen LogP contribution < -0.4 is 21.8 Å². The number of carbonyl (C=O) groups is 6. The molecule has 19 nitrogen and oxygen atoms in total. The third kappa shape index (κ3) is 12.7. The van der Waals surface area contributed by atoms with Crippen LogP contribution in [0.15, 0.2) is 111 Å². The molecule has 0 spiro atoms. The first kappa shape index (κ1) is 53.3. The average molecular weight is 1050 g/mol. The van der Waals surface area contributed by atoms with E-state index in [1.54, 1.807) is 80.4 Å². The minimum absolute atomic E-state index is 0.0284. The number of fused-ring (bicyclic) bond motifs is 2. The number of halogens is 3. The molecule has 0 radical (unpaired) electrons. The summed E-state index contributed by atoms with van der Waals surface area (Å²) in [5, 5.41) is 16.6. The van der Waals surface area contributed by atoms with Crippen LogP contribution in [0, 0.1) is 11.6 Å². The molecule has 4 aliphatic rings. The number of hydrogen-bond donors (Lipinski definition) is 6. The molecule has 392 valence electrons. The largest absolute Gasteiger partial charge is 0.357 e. The molecule has 10 rings (SSSR count). The summed E-state index contributed by atoms with van der Waals surface area (Å²) < 4.78 is 30.4. The number of aromatic amines is 2. The van der Waals surface area contributed by atoms with Crippen molar-refractivity contribution in [3.05, 3.63) is 179 Å². The summed E-state index contributed by atoms with van der Waals surface area (Å²) in [6.45, 7) is 13.8. The van der Waals surface area contributed by atoms with Crippen LogP contribution in [0.1, 0.15) is 114 Å². The van der Waals surface area contributed by atoms with Gasteiger partial charge in [-0.1, -0.05) is 51.3 Å². The van der Waals surface area contributed by atoms with Gasteiger partial charge in [0.05, 0.1) is 32.2 Å². The van der Waals surface area contributed by atoms with Gasteiger partial charge in [-0.3, -0.25) is 43.6 Å². The first-order valence-electron chi connectivity index (χ1n) is 24.4. The quantitative estimate of drug-likeness (QED) is 0.0660. The lowest BCUT2D eigenvalue weighted by Gasteiger charge is -2.39. The Morgan fingerprint density at radius 3 is 1.48 bits per heavy atom. The van der Waals surface area contributed by atoms with E-state index in [1.165, 1.54) is 30.3 Å². The van der Waals surface area contributed by atoms with Gasteiger partial charge >= 0.3 is 0 Å². The van der Waals surface area contributed by atoms with Crippen LogP contribution in [0.4, 0.5) is 8.78 Å². The smallest absolute Gasteiger partial charge is 0.272 e. The number of allylic oxidation sites excluding steroid dienone is 1. The molecule has 1 saturated carbocycles. The fraction of sp³-hybridized carbons (Fsp3) is 0.321. The molecule has 7 heterocycles. The van der Waals surface area contributed by atoms with Gasteiger partial charge in [0, 0.05) is 85.0 Å². The number of nitrogens with two attached hydrogens (primary N) is 1. The lowest BCUT2D eigenvalue weighted by Crippen LogP contribution is -2.64. The van der Waals surface area contributed by atoms with Gasteiger partial charge in [-0.05, 0) is 96.3 Å². The third-order valence-corrected chi connectivity index (χ3v) is 13.5. The van der Waals surface area contributed by atoms with Crippen molar-refractivity contribution in [3.8, 4) is 0 Å². The number of nitrogens with zero attached hydrogens (tertiary/aromatic N) is 7. The fourth-order valence-electron chi connectivity index (χ4n) is 9.64. The van der Waals surface area contributed by atoms with Crippen molar-refractivity contribution in [1.29, 1.82) is 0 Å². The van der Waals surface area contributed by atoms with Gasteiger partial charge in [-0.15, -0.1) is 0 Å². The molecule has 1 saturated heterocycles. The Balaban J connectivity index is 0.000000184. The highest BCUT2D eigenvalue weighted by Gasteiger charge is 2.38. The van der Waals surface area contributed by atoms with Crippen LogP contribution in [0.25, 0.3) is 0 Å². The molecule has 1 aliphatic carbocycles. The number of amides is 5. The Kier molecular flexibility index (Phi) is 16.7. The number of hydrazine groups is 1. The van der Waals surface area contributed by atoms with Crippen molar-refractivity contribution in [2.24, 2.45) is 5.73 Å². The Morgan fingerprint density at radius 1 is 0.680 bits per heavy atom. The van der Waals surface area contributed by atoms with Crippen molar-refractivity contribution in [2.75, 3.05) is 26.2 Å². The molecule has 2 unspecified atom stereocenters. The van der Waals surface area contributed by atoms with E-state index < -0.39 is 5.24 Å². The van der Waals surface area contributed by atoms with Gasteiger partial charge in [-0.25, -0.2) is 13.8 Å².